The standard InChI is InChI=1S/C23H28IN3O3S/c1-22(2,3)16-5-4-15(12-17(16)24)20(29)27-9-6-23(7-10-27)13-18(30-14-23)19(28)26-21-25-8-11-31-21/h4-5,8,11-12,18H,6-7,9-10,13-14H2,1-3H3,(H,25,26,28). The summed E-state index contributed by atoms with van der Waals surface area (Å²) in [5.41, 5.74) is 2.04. The third-order valence-electron chi connectivity index (χ3n) is 6.30. The first-order valence-electron chi connectivity index (χ1n) is 10.6. The molecular formula is C23H28IN3O3S. The van der Waals surface area contributed by atoms with E-state index in [1.54, 1.807) is 6.20 Å². The van der Waals surface area contributed by atoms with E-state index in [1.807, 2.05) is 22.4 Å². The van der Waals surface area contributed by atoms with E-state index in [1.165, 1.54) is 16.9 Å². The Bertz CT molecular complexity index is 963. The second-order valence-electron chi connectivity index (χ2n) is 9.57. The van der Waals surface area contributed by atoms with Crippen molar-refractivity contribution in [3.63, 3.8) is 0 Å². The number of nitrogens with one attached hydrogen (secondary N) is 1. The van der Waals surface area contributed by atoms with Crippen molar-refractivity contribution in [1.82, 2.24) is 9.88 Å². The Morgan fingerprint density at radius 3 is 2.65 bits per heavy atom. The van der Waals surface area contributed by atoms with Crippen molar-refractivity contribution in [3.8, 4) is 0 Å². The van der Waals surface area contributed by atoms with Gasteiger partial charge in [0.1, 0.15) is 6.10 Å². The number of rotatable bonds is 3. The smallest absolute Gasteiger partial charge is 0.255 e. The van der Waals surface area contributed by atoms with Crippen molar-refractivity contribution in [2.45, 2.75) is 51.6 Å². The molecule has 0 radical (unpaired) electrons. The SMILES string of the molecule is CC(C)(C)c1ccc(C(=O)N2CCC3(CC2)COC(C(=O)Nc2nccs2)C3)cc1I. The van der Waals surface area contributed by atoms with Crippen LogP contribution in [0.5, 0.6) is 0 Å². The number of anilines is 1. The van der Waals surface area contributed by atoms with E-state index in [9.17, 15) is 9.59 Å². The molecule has 2 aliphatic rings. The van der Waals surface area contributed by atoms with E-state index in [0.29, 0.717) is 31.2 Å². The first-order chi connectivity index (χ1) is 14.7. The fraction of sp³-hybridized carbons (Fsp3) is 0.522. The van der Waals surface area contributed by atoms with Crippen LogP contribution in [0.2, 0.25) is 0 Å². The molecule has 0 aliphatic carbocycles. The van der Waals surface area contributed by atoms with Crippen LogP contribution in [0.3, 0.4) is 0 Å². The van der Waals surface area contributed by atoms with Crippen molar-refractivity contribution in [3.05, 3.63) is 44.5 Å². The Balaban J connectivity index is 1.35. The minimum absolute atomic E-state index is 0.0216. The van der Waals surface area contributed by atoms with Gasteiger partial charge in [0.2, 0.25) is 0 Å². The molecule has 4 rings (SSSR count). The van der Waals surface area contributed by atoms with Gasteiger partial charge in [0.15, 0.2) is 5.13 Å². The number of aromatic nitrogens is 1. The molecule has 2 fully saturated rings. The lowest BCUT2D eigenvalue weighted by Gasteiger charge is -2.38. The molecule has 8 heteroatoms. The average Bonchev–Trinajstić information content (AvgIpc) is 3.37. The highest BCUT2D eigenvalue weighted by Gasteiger charge is 2.45. The van der Waals surface area contributed by atoms with Crippen molar-refractivity contribution in [1.29, 1.82) is 0 Å². The number of halogens is 1. The fourth-order valence-corrected chi connectivity index (χ4v) is 6.26. The molecule has 1 atom stereocenters. The summed E-state index contributed by atoms with van der Waals surface area (Å²) in [6.07, 6.45) is 3.64. The maximum atomic E-state index is 13.1. The van der Waals surface area contributed by atoms with Gasteiger partial charge in [-0.25, -0.2) is 4.98 Å². The fourth-order valence-electron chi connectivity index (χ4n) is 4.40. The summed E-state index contributed by atoms with van der Waals surface area (Å²) in [5, 5.41) is 5.26. The summed E-state index contributed by atoms with van der Waals surface area (Å²) in [6.45, 7) is 8.52. The van der Waals surface area contributed by atoms with Crippen LogP contribution in [0.4, 0.5) is 5.13 Å². The summed E-state index contributed by atoms with van der Waals surface area (Å²) < 4.78 is 6.99. The van der Waals surface area contributed by atoms with Gasteiger partial charge < -0.3 is 9.64 Å². The number of hydrogen-bond acceptors (Lipinski definition) is 5. The van der Waals surface area contributed by atoms with Crippen LogP contribution in [0.25, 0.3) is 0 Å². The third-order valence-corrected chi connectivity index (χ3v) is 7.88. The van der Waals surface area contributed by atoms with Gasteiger partial charge in [-0.1, -0.05) is 26.8 Å². The van der Waals surface area contributed by atoms with E-state index in [4.69, 9.17) is 4.74 Å². The molecule has 1 N–H and O–H groups in total. The van der Waals surface area contributed by atoms with E-state index in [0.717, 1.165) is 22.0 Å². The Morgan fingerprint density at radius 2 is 2.03 bits per heavy atom. The Kier molecular flexibility index (Phi) is 6.42. The molecule has 2 saturated heterocycles. The lowest BCUT2D eigenvalue weighted by molar-refractivity contribution is -0.124. The third kappa shape index (κ3) is 4.96. The van der Waals surface area contributed by atoms with Gasteiger partial charge in [-0.3, -0.25) is 14.9 Å². The summed E-state index contributed by atoms with van der Waals surface area (Å²) in [6, 6.07) is 6.04. The highest BCUT2D eigenvalue weighted by atomic mass is 127. The summed E-state index contributed by atoms with van der Waals surface area (Å²) in [7, 11) is 0. The summed E-state index contributed by atoms with van der Waals surface area (Å²) in [4.78, 5) is 31.6. The molecule has 3 heterocycles. The number of carbonyl (C=O) groups is 2. The zero-order chi connectivity index (χ0) is 22.2. The van der Waals surface area contributed by atoms with Crippen LogP contribution in [0.15, 0.2) is 29.8 Å². The molecule has 1 aromatic heterocycles. The van der Waals surface area contributed by atoms with Crippen LogP contribution in [0, 0.1) is 8.99 Å². The highest BCUT2D eigenvalue weighted by Crippen LogP contribution is 2.42. The van der Waals surface area contributed by atoms with Gasteiger partial charge in [-0.2, -0.15) is 0 Å². The zero-order valence-corrected chi connectivity index (χ0v) is 21.1. The topological polar surface area (TPSA) is 71.5 Å². The number of hydrogen-bond donors (Lipinski definition) is 1. The number of carbonyl (C=O) groups excluding carboxylic acids is 2. The zero-order valence-electron chi connectivity index (χ0n) is 18.1. The average molecular weight is 553 g/mol. The van der Waals surface area contributed by atoms with Gasteiger partial charge in [-0.15, -0.1) is 11.3 Å². The number of likely N-dealkylation sites (tertiary alicyclic amines) is 1. The number of ether oxygens (including phenoxy) is 1. The van der Waals surface area contributed by atoms with E-state index in [2.05, 4.69) is 59.7 Å². The van der Waals surface area contributed by atoms with Gasteiger partial charge >= 0.3 is 0 Å². The predicted molar refractivity (Wildman–Crippen MR) is 131 cm³/mol. The van der Waals surface area contributed by atoms with Crippen molar-refractivity contribution < 1.29 is 14.3 Å². The monoisotopic (exact) mass is 553 g/mol. The number of benzene rings is 1. The summed E-state index contributed by atoms with van der Waals surface area (Å²) in [5.74, 6) is -0.0379. The van der Waals surface area contributed by atoms with Crippen LogP contribution >= 0.6 is 33.9 Å². The van der Waals surface area contributed by atoms with Crippen LogP contribution in [-0.2, 0) is 14.9 Å². The number of nitrogens with zero attached hydrogens (tertiary/aromatic N) is 2. The number of piperidine rings is 1. The Morgan fingerprint density at radius 1 is 1.29 bits per heavy atom. The minimum atomic E-state index is -0.447. The number of amides is 2. The first-order valence-corrected chi connectivity index (χ1v) is 12.5. The van der Waals surface area contributed by atoms with Gasteiger partial charge in [0.25, 0.3) is 11.8 Å². The molecule has 2 aliphatic heterocycles. The second-order valence-corrected chi connectivity index (χ2v) is 11.6. The molecule has 166 valence electrons. The van der Waals surface area contributed by atoms with Gasteiger partial charge in [0.05, 0.1) is 6.61 Å². The molecule has 2 amide bonds. The molecule has 1 unspecified atom stereocenters. The second kappa shape index (κ2) is 8.78. The van der Waals surface area contributed by atoms with E-state index < -0.39 is 6.10 Å². The molecule has 6 nitrogen and oxygen atoms in total. The number of thiazole rings is 1. The van der Waals surface area contributed by atoms with Crippen molar-refractivity contribution in [2.75, 3.05) is 25.0 Å². The Hall–Kier alpha value is -1.52. The summed E-state index contributed by atoms with van der Waals surface area (Å²) >= 11 is 3.73. The molecule has 0 saturated carbocycles. The lowest BCUT2D eigenvalue weighted by Crippen LogP contribution is -2.43. The van der Waals surface area contributed by atoms with Crippen LogP contribution in [0.1, 0.15) is 56.0 Å². The van der Waals surface area contributed by atoms with Gasteiger partial charge in [0, 0.05) is 39.2 Å². The highest BCUT2D eigenvalue weighted by molar-refractivity contribution is 14.1. The Labute approximate surface area is 200 Å². The molecular weight excluding hydrogens is 525 g/mol. The molecule has 31 heavy (non-hydrogen) atoms. The molecule has 2 aromatic rings. The van der Waals surface area contributed by atoms with Crippen LogP contribution in [-0.4, -0.2) is 47.5 Å². The molecule has 1 aromatic carbocycles. The quantitative estimate of drug-likeness (QED) is 0.560. The van der Waals surface area contributed by atoms with Crippen molar-refractivity contribution in [2.24, 2.45) is 5.41 Å². The van der Waals surface area contributed by atoms with E-state index in [-0.39, 0.29) is 22.6 Å². The molecule has 0 bridgehead atoms. The van der Waals surface area contributed by atoms with Crippen molar-refractivity contribution >= 4 is 50.9 Å². The maximum absolute atomic E-state index is 13.1. The van der Waals surface area contributed by atoms with Crippen LogP contribution < -0.4 is 5.32 Å². The largest absolute Gasteiger partial charge is 0.368 e. The van der Waals surface area contributed by atoms with Gasteiger partial charge in [-0.05, 0) is 65.0 Å². The maximum Gasteiger partial charge on any atom is 0.255 e. The molecule has 1 spiro atoms. The van der Waals surface area contributed by atoms with E-state index >= 15 is 0 Å². The first kappa shape index (κ1) is 22.7. The predicted octanol–water partition coefficient (Wildman–Crippen LogP) is 4.70. The lowest BCUT2D eigenvalue weighted by atomic mass is 9.76. The normalized spacial score (nSPS) is 20.8. The minimum Gasteiger partial charge on any atom is -0.368 e.